The van der Waals surface area contributed by atoms with Gasteiger partial charge in [0.2, 0.25) is 10.0 Å². The third-order valence-corrected chi connectivity index (χ3v) is 5.08. The summed E-state index contributed by atoms with van der Waals surface area (Å²) < 4.78 is 44.7. The van der Waals surface area contributed by atoms with E-state index in [-0.39, 0.29) is 36.0 Å². The highest BCUT2D eigenvalue weighted by molar-refractivity contribution is 7.89. The third kappa shape index (κ3) is 5.70. The molecule has 0 radical (unpaired) electrons. The summed E-state index contributed by atoms with van der Waals surface area (Å²) >= 11 is 0. The zero-order valence-corrected chi connectivity index (χ0v) is 15.8. The van der Waals surface area contributed by atoms with E-state index in [2.05, 4.69) is 0 Å². The summed E-state index contributed by atoms with van der Waals surface area (Å²) in [6.45, 7) is 5.84. The quantitative estimate of drug-likeness (QED) is 0.729. The standard InChI is InChI=1S/C15H23FN2O4S.ClH/c1-5-22-14(19)11-6-12(16)8-13(7-11)23(20,21)18(4)10-15(2,3)9-17;/h6-8H,5,9-10,17H2,1-4H3;1H. The maximum atomic E-state index is 13.7. The smallest absolute Gasteiger partial charge is 0.338 e. The van der Waals surface area contributed by atoms with Crippen LogP contribution in [0.15, 0.2) is 23.1 Å². The van der Waals surface area contributed by atoms with Crippen LogP contribution < -0.4 is 5.73 Å². The molecule has 1 rings (SSSR count). The number of halogens is 2. The Bertz CT molecular complexity index is 680. The van der Waals surface area contributed by atoms with Crippen LogP contribution in [0.1, 0.15) is 31.1 Å². The Balaban J connectivity index is 0.00000529. The molecule has 24 heavy (non-hydrogen) atoms. The molecule has 0 unspecified atom stereocenters. The van der Waals surface area contributed by atoms with Crippen LogP contribution in [-0.2, 0) is 14.8 Å². The number of nitrogens with two attached hydrogens (primary N) is 1. The molecule has 0 amide bonds. The molecule has 0 heterocycles. The van der Waals surface area contributed by atoms with Crippen molar-refractivity contribution in [3.8, 4) is 0 Å². The molecular formula is C15H24ClFN2O4S. The van der Waals surface area contributed by atoms with E-state index >= 15 is 0 Å². The second kappa shape index (κ2) is 8.75. The molecule has 0 saturated heterocycles. The van der Waals surface area contributed by atoms with Gasteiger partial charge >= 0.3 is 5.97 Å². The van der Waals surface area contributed by atoms with Gasteiger partial charge in [-0.2, -0.15) is 0 Å². The highest BCUT2D eigenvalue weighted by Gasteiger charge is 2.28. The molecule has 6 nitrogen and oxygen atoms in total. The average molecular weight is 383 g/mol. The molecular weight excluding hydrogens is 359 g/mol. The number of ether oxygens (including phenoxy) is 1. The van der Waals surface area contributed by atoms with E-state index in [1.165, 1.54) is 7.05 Å². The van der Waals surface area contributed by atoms with Gasteiger partial charge in [-0.15, -0.1) is 12.4 Å². The van der Waals surface area contributed by atoms with E-state index in [0.717, 1.165) is 22.5 Å². The lowest BCUT2D eigenvalue weighted by Crippen LogP contribution is -2.39. The van der Waals surface area contributed by atoms with E-state index in [1.807, 2.05) is 13.8 Å². The predicted molar refractivity (Wildman–Crippen MR) is 92.3 cm³/mol. The Hall–Kier alpha value is -1.22. The first kappa shape index (κ1) is 22.8. The van der Waals surface area contributed by atoms with E-state index in [4.69, 9.17) is 10.5 Å². The third-order valence-electron chi connectivity index (χ3n) is 3.29. The molecule has 0 aromatic heterocycles. The van der Waals surface area contributed by atoms with Crippen LogP contribution in [0, 0.1) is 11.2 Å². The summed E-state index contributed by atoms with van der Waals surface area (Å²) in [5, 5.41) is 0. The summed E-state index contributed by atoms with van der Waals surface area (Å²) in [4.78, 5) is 11.4. The Morgan fingerprint density at radius 1 is 1.33 bits per heavy atom. The van der Waals surface area contributed by atoms with E-state index in [9.17, 15) is 17.6 Å². The molecule has 0 aliphatic carbocycles. The summed E-state index contributed by atoms with van der Waals surface area (Å²) in [6.07, 6.45) is 0. The second-order valence-corrected chi connectivity index (χ2v) is 8.07. The molecule has 1 aromatic rings. The number of carbonyl (C=O) groups is 1. The normalized spacial score (nSPS) is 12.0. The summed E-state index contributed by atoms with van der Waals surface area (Å²) in [6, 6.07) is 2.94. The molecule has 0 saturated carbocycles. The molecule has 0 spiro atoms. The number of rotatable bonds is 7. The number of hydrogen-bond donors (Lipinski definition) is 1. The van der Waals surface area contributed by atoms with E-state index in [0.29, 0.717) is 6.54 Å². The fourth-order valence-electron chi connectivity index (χ4n) is 1.98. The van der Waals surface area contributed by atoms with Crippen molar-refractivity contribution in [2.45, 2.75) is 25.7 Å². The van der Waals surface area contributed by atoms with Crippen LogP contribution in [0.2, 0.25) is 0 Å². The molecule has 0 fully saturated rings. The van der Waals surface area contributed by atoms with Gasteiger partial charge in [0, 0.05) is 13.6 Å². The molecule has 0 atom stereocenters. The summed E-state index contributed by atoms with van der Waals surface area (Å²) in [5.74, 6) is -1.59. The van der Waals surface area contributed by atoms with Crippen LogP contribution >= 0.6 is 12.4 Å². The lowest BCUT2D eigenvalue weighted by Gasteiger charge is -2.28. The molecule has 1 aromatic carbocycles. The van der Waals surface area contributed by atoms with Crippen LogP contribution in [-0.4, -0.2) is 45.4 Å². The summed E-state index contributed by atoms with van der Waals surface area (Å²) in [5.41, 5.74) is 5.04. The average Bonchev–Trinajstić information content (AvgIpc) is 2.46. The highest BCUT2D eigenvalue weighted by atomic mass is 35.5. The van der Waals surface area contributed by atoms with Crippen molar-refractivity contribution >= 4 is 28.4 Å². The van der Waals surface area contributed by atoms with Gasteiger partial charge in [0.1, 0.15) is 5.82 Å². The van der Waals surface area contributed by atoms with Crippen molar-refractivity contribution in [1.29, 1.82) is 0 Å². The molecule has 0 aliphatic rings. The topological polar surface area (TPSA) is 89.7 Å². The minimum absolute atomic E-state index is 0. The largest absolute Gasteiger partial charge is 0.462 e. The van der Waals surface area contributed by atoms with Crippen LogP contribution in [0.4, 0.5) is 4.39 Å². The predicted octanol–water partition coefficient (Wildman–Crippen LogP) is 2.03. The molecule has 2 N–H and O–H groups in total. The Morgan fingerprint density at radius 3 is 2.42 bits per heavy atom. The Labute approximate surface area is 148 Å². The lowest BCUT2D eigenvalue weighted by molar-refractivity contribution is 0.0525. The van der Waals surface area contributed by atoms with Gasteiger partial charge in [-0.3, -0.25) is 0 Å². The van der Waals surface area contributed by atoms with Crippen LogP contribution in [0.3, 0.4) is 0 Å². The Kier molecular flexibility index (Phi) is 8.31. The van der Waals surface area contributed by atoms with Crippen molar-refractivity contribution in [2.24, 2.45) is 11.1 Å². The number of sulfonamides is 1. The SMILES string of the molecule is CCOC(=O)c1cc(F)cc(S(=O)(=O)N(C)CC(C)(C)CN)c1.Cl. The van der Waals surface area contributed by atoms with Gasteiger partial charge in [-0.25, -0.2) is 21.9 Å². The number of nitrogens with zero attached hydrogens (tertiary/aromatic N) is 1. The fraction of sp³-hybridized carbons (Fsp3) is 0.533. The number of carbonyl (C=O) groups excluding carboxylic acids is 1. The van der Waals surface area contributed by atoms with Crippen molar-refractivity contribution in [3.63, 3.8) is 0 Å². The maximum absolute atomic E-state index is 13.7. The maximum Gasteiger partial charge on any atom is 0.338 e. The lowest BCUT2D eigenvalue weighted by atomic mass is 9.94. The summed E-state index contributed by atoms with van der Waals surface area (Å²) in [7, 11) is -2.56. The van der Waals surface area contributed by atoms with Gasteiger partial charge in [-0.1, -0.05) is 13.8 Å². The van der Waals surface area contributed by atoms with E-state index in [1.54, 1.807) is 6.92 Å². The van der Waals surface area contributed by atoms with Crippen molar-refractivity contribution in [1.82, 2.24) is 4.31 Å². The first-order chi connectivity index (χ1) is 10.5. The zero-order valence-electron chi connectivity index (χ0n) is 14.2. The van der Waals surface area contributed by atoms with Crippen molar-refractivity contribution < 1.29 is 22.3 Å². The first-order valence-electron chi connectivity index (χ1n) is 7.17. The molecule has 0 bridgehead atoms. The van der Waals surface area contributed by atoms with Gasteiger partial charge in [0.25, 0.3) is 0 Å². The van der Waals surface area contributed by atoms with Crippen LogP contribution in [0.5, 0.6) is 0 Å². The Morgan fingerprint density at radius 2 is 1.92 bits per heavy atom. The zero-order chi connectivity index (χ0) is 17.8. The number of esters is 1. The van der Waals surface area contributed by atoms with Gasteiger partial charge < -0.3 is 10.5 Å². The minimum atomic E-state index is -3.95. The monoisotopic (exact) mass is 382 g/mol. The molecule has 138 valence electrons. The van der Waals surface area contributed by atoms with E-state index < -0.39 is 27.2 Å². The second-order valence-electron chi connectivity index (χ2n) is 6.03. The van der Waals surface area contributed by atoms with Crippen LogP contribution in [0.25, 0.3) is 0 Å². The van der Waals surface area contributed by atoms with Crippen molar-refractivity contribution in [2.75, 3.05) is 26.7 Å². The van der Waals surface area contributed by atoms with Gasteiger partial charge in [-0.05, 0) is 37.1 Å². The van der Waals surface area contributed by atoms with Gasteiger partial charge in [0.15, 0.2) is 0 Å². The highest BCUT2D eigenvalue weighted by Crippen LogP contribution is 2.22. The fourth-order valence-corrected chi connectivity index (χ4v) is 3.39. The van der Waals surface area contributed by atoms with Crippen molar-refractivity contribution in [3.05, 3.63) is 29.6 Å². The molecule has 0 aliphatic heterocycles. The minimum Gasteiger partial charge on any atom is -0.462 e. The number of hydrogen-bond acceptors (Lipinski definition) is 5. The number of benzene rings is 1. The molecule has 9 heteroatoms. The first-order valence-corrected chi connectivity index (χ1v) is 8.61. The van der Waals surface area contributed by atoms with Gasteiger partial charge in [0.05, 0.1) is 17.1 Å².